The van der Waals surface area contributed by atoms with Crippen LogP contribution in [0.15, 0.2) is 53.4 Å². The van der Waals surface area contributed by atoms with Crippen LogP contribution in [0.1, 0.15) is 38.8 Å². The lowest BCUT2D eigenvalue weighted by Crippen LogP contribution is -2.29. The van der Waals surface area contributed by atoms with Gasteiger partial charge in [-0.1, -0.05) is 47.7 Å². The van der Waals surface area contributed by atoms with Crippen molar-refractivity contribution in [3.05, 3.63) is 74.4 Å². The predicted octanol–water partition coefficient (Wildman–Crippen LogP) is 4.32. The first-order valence-electron chi connectivity index (χ1n) is 9.48. The normalized spacial score (nSPS) is 17.9. The largest absolute Gasteiger partial charge is 0.507 e. The Morgan fingerprint density at radius 3 is 2.58 bits per heavy atom. The third-order valence-corrected chi connectivity index (χ3v) is 6.82. The smallest absolute Gasteiger partial charge is 0.350 e. The second kappa shape index (κ2) is 8.44. The number of carbonyl (C=O) groups excluding carboxylic acids is 3. The molecule has 31 heavy (non-hydrogen) atoms. The maximum absolute atomic E-state index is 13.1. The molecule has 1 aliphatic rings. The number of rotatable bonds is 5. The van der Waals surface area contributed by atoms with Crippen molar-refractivity contribution >= 4 is 51.2 Å². The highest BCUT2D eigenvalue weighted by Crippen LogP contribution is 2.45. The number of aryl methyl sites for hydroxylation is 1. The van der Waals surface area contributed by atoms with Crippen LogP contribution in [0.4, 0.5) is 5.13 Å². The molecule has 1 fully saturated rings. The van der Waals surface area contributed by atoms with Crippen molar-refractivity contribution in [2.45, 2.75) is 19.9 Å². The van der Waals surface area contributed by atoms with Crippen molar-refractivity contribution < 1.29 is 24.2 Å². The van der Waals surface area contributed by atoms with Gasteiger partial charge in [0.1, 0.15) is 16.7 Å². The molecule has 0 bridgehead atoms. The number of carbonyl (C=O) groups is 3. The lowest BCUT2D eigenvalue weighted by Gasteiger charge is -2.21. The number of aliphatic hydroxyl groups excluding tert-OH is 1. The zero-order chi connectivity index (χ0) is 22.1. The Hall–Kier alpha value is -3.30. The van der Waals surface area contributed by atoms with Crippen molar-refractivity contribution in [1.29, 1.82) is 0 Å². The standard InChI is InChI=1S/C22H18N2O5S2/c1-3-29-21(28)19-12(2)23-22(31-19)24-16(14-10-7-11-30-14)15(18(26)20(24)27)17(25)13-8-5-4-6-9-13/h4-11,16,25H,3H2,1-2H3/t16-/m1/s1. The first kappa shape index (κ1) is 21.0. The molecule has 1 atom stereocenters. The number of hydrogen-bond acceptors (Lipinski definition) is 8. The van der Waals surface area contributed by atoms with Crippen molar-refractivity contribution in [2.75, 3.05) is 11.5 Å². The minimum Gasteiger partial charge on any atom is -0.507 e. The van der Waals surface area contributed by atoms with Crippen LogP contribution in [0.25, 0.3) is 5.76 Å². The van der Waals surface area contributed by atoms with E-state index in [1.807, 2.05) is 5.38 Å². The Kier molecular flexibility index (Phi) is 5.71. The predicted molar refractivity (Wildman–Crippen MR) is 118 cm³/mol. The van der Waals surface area contributed by atoms with Gasteiger partial charge in [0, 0.05) is 10.4 Å². The molecule has 0 saturated carbocycles. The maximum atomic E-state index is 13.1. The van der Waals surface area contributed by atoms with Crippen molar-refractivity contribution in [1.82, 2.24) is 4.98 Å². The minimum absolute atomic E-state index is 0.0100. The number of ketones is 1. The zero-order valence-electron chi connectivity index (χ0n) is 16.7. The van der Waals surface area contributed by atoms with Crippen molar-refractivity contribution in [2.24, 2.45) is 0 Å². The van der Waals surface area contributed by atoms with Gasteiger partial charge < -0.3 is 9.84 Å². The van der Waals surface area contributed by atoms with E-state index < -0.39 is 23.7 Å². The van der Waals surface area contributed by atoms with E-state index in [0.717, 1.165) is 11.3 Å². The molecule has 1 saturated heterocycles. The van der Waals surface area contributed by atoms with Gasteiger partial charge in [-0.05, 0) is 25.3 Å². The molecule has 2 aromatic heterocycles. The fourth-order valence-electron chi connectivity index (χ4n) is 3.37. The number of thiazole rings is 1. The summed E-state index contributed by atoms with van der Waals surface area (Å²) in [6.07, 6.45) is 0. The number of hydrogen-bond donors (Lipinski definition) is 1. The number of ether oxygens (including phenoxy) is 1. The van der Waals surface area contributed by atoms with Gasteiger partial charge in [0.25, 0.3) is 5.78 Å². The first-order valence-corrected chi connectivity index (χ1v) is 11.2. The average molecular weight is 455 g/mol. The zero-order valence-corrected chi connectivity index (χ0v) is 18.3. The van der Waals surface area contributed by atoms with E-state index in [1.54, 1.807) is 56.3 Å². The van der Waals surface area contributed by atoms with E-state index in [2.05, 4.69) is 4.98 Å². The minimum atomic E-state index is -0.846. The van der Waals surface area contributed by atoms with Crippen molar-refractivity contribution in [3.63, 3.8) is 0 Å². The molecule has 1 aromatic carbocycles. The number of amides is 1. The Balaban J connectivity index is 1.87. The van der Waals surface area contributed by atoms with Crippen LogP contribution in [0.2, 0.25) is 0 Å². The van der Waals surface area contributed by atoms with Crippen LogP contribution >= 0.6 is 22.7 Å². The number of benzene rings is 1. The fraction of sp³-hybridized carbons (Fsp3) is 0.182. The van der Waals surface area contributed by atoms with E-state index >= 15 is 0 Å². The fourth-order valence-corrected chi connectivity index (χ4v) is 5.18. The molecule has 1 N–H and O–H groups in total. The molecule has 158 valence electrons. The highest BCUT2D eigenvalue weighted by atomic mass is 32.1. The number of Topliss-reactive ketones (excluding diaryl/α,β-unsaturated/α-hetero) is 1. The van der Waals surface area contributed by atoms with Crippen LogP contribution in [0, 0.1) is 6.92 Å². The van der Waals surface area contributed by atoms with Gasteiger partial charge in [0.05, 0.1) is 17.9 Å². The van der Waals surface area contributed by atoms with Gasteiger partial charge in [0.15, 0.2) is 5.13 Å². The highest BCUT2D eigenvalue weighted by molar-refractivity contribution is 7.18. The van der Waals surface area contributed by atoms with Gasteiger partial charge in [-0.15, -0.1) is 11.3 Å². The number of aliphatic hydroxyl groups is 1. The molecule has 7 nitrogen and oxygen atoms in total. The molecule has 4 rings (SSSR count). The Morgan fingerprint density at radius 1 is 1.19 bits per heavy atom. The quantitative estimate of drug-likeness (QED) is 0.267. The summed E-state index contributed by atoms with van der Waals surface area (Å²) in [5.74, 6) is -2.39. The molecular weight excluding hydrogens is 436 g/mol. The summed E-state index contributed by atoms with van der Waals surface area (Å²) in [5.41, 5.74) is 0.835. The van der Waals surface area contributed by atoms with Crippen LogP contribution in [-0.2, 0) is 14.3 Å². The summed E-state index contributed by atoms with van der Waals surface area (Å²) in [5, 5.41) is 13.0. The Morgan fingerprint density at radius 2 is 1.94 bits per heavy atom. The molecule has 3 heterocycles. The highest BCUT2D eigenvalue weighted by Gasteiger charge is 2.48. The van der Waals surface area contributed by atoms with Gasteiger partial charge in [-0.2, -0.15) is 0 Å². The monoisotopic (exact) mass is 454 g/mol. The first-order chi connectivity index (χ1) is 14.9. The van der Waals surface area contributed by atoms with E-state index in [-0.39, 0.29) is 27.9 Å². The molecular formula is C22H18N2O5S2. The summed E-state index contributed by atoms with van der Waals surface area (Å²) >= 11 is 2.35. The number of esters is 1. The summed E-state index contributed by atoms with van der Waals surface area (Å²) < 4.78 is 5.06. The average Bonchev–Trinajstić information content (AvgIpc) is 3.48. The number of anilines is 1. The van der Waals surface area contributed by atoms with Gasteiger partial charge in [-0.3, -0.25) is 14.5 Å². The second-order valence-corrected chi connectivity index (χ2v) is 8.64. The SMILES string of the molecule is CCOC(=O)c1sc(N2C(=O)C(=O)C(=C(O)c3ccccc3)[C@H]2c2cccs2)nc1C. The molecule has 1 aliphatic heterocycles. The summed E-state index contributed by atoms with van der Waals surface area (Å²) in [6.45, 7) is 3.56. The van der Waals surface area contributed by atoms with Crippen LogP contribution in [0.3, 0.4) is 0 Å². The Labute approximate surface area is 186 Å². The lowest BCUT2D eigenvalue weighted by atomic mass is 10.00. The number of nitrogens with zero attached hydrogens (tertiary/aromatic N) is 2. The molecule has 0 radical (unpaired) electrons. The molecule has 9 heteroatoms. The van der Waals surface area contributed by atoms with E-state index in [0.29, 0.717) is 16.1 Å². The van der Waals surface area contributed by atoms with Gasteiger partial charge in [0.2, 0.25) is 0 Å². The van der Waals surface area contributed by atoms with Gasteiger partial charge >= 0.3 is 11.9 Å². The summed E-state index contributed by atoms with van der Waals surface area (Å²) in [6, 6.07) is 11.4. The topological polar surface area (TPSA) is 96.8 Å². The maximum Gasteiger partial charge on any atom is 0.350 e. The van der Waals surface area contributed by atoms with Crippen LogP contribution in [0.5, 0.6) is 0 Å². The third-order valence-electron chi connectivity index (χ3n) is 4.76. The van der Waals surface area contributed by atoms with E-state index in [4.69, 9.17) is 4.74 Å². The van der Waals surface area contributed by atoms with E-state index in [9.17, 15) is 19.5 Å². The summed E-state index contributed by atoms with van der Waals surface area (Å²) in [4.78, 5) is 44.9. The molecule has 3 aromatic rings. The second-order valence-electron chi connectivity index (χ2n) is 6.68. The lowest BCUT2D eigenvalue weighted by molar-refractivity contribution is -0.132. The van der Waals surface area contributed by atoms with Crippen LogP contribution in [-0.4, -0.2) is 34.4 Å². The molecule has 0 spiro atoms. The molecule has 1 amide bonds. The van der Waals surface area contributed by atoms with E-state index in [1.165, 1.54) is 16.2 Å². The number of thiophene rings is 1. The third kappa shape index (κ3) is 3.66. The van der Waals surface area contributed by atoms with Crippen molar-refractivity contribution in [3.8, 4) is 0 Å². The van der Waals surface area contributed by atoms with Gasteiger partial charge in [-0.25, -0.2) is 9.78 Å². The van der Waals surface area contributed by atoms with Crippen LogP contribution < -0.4 is 4.90 Å². The Bertz CT molecular complexity index is 1180. The summed E-state index contributed by atoms with van der Waals surface area (Å²) in [7, 11) is 0. The molecule has 0 unspecified atom stereocenters. The molecule has 0 aliphatic carbocycles. The number of aromatic nitrogens is 1.